The summed E-state index contributed by atoms with van der Waals surface area (Å²) in [7, 11) is 1.24. The lowest BCUT2D eigenvalue weighted by atomic mass is 9.81. The number of nitrogens with zero attached hydrogens (tertiary/aromatic N) is 2. The fraction of sp³-hybridized carbons (Fsp3) is 0.129. The second-order valence-corrected chi connectivity index (χ2v) is 8.91. The summed E-state index contributed by atoms with van der Waals surface area (Å²) in [6.07, 6.45) is 2.51. The Morgan fingerprint density at radius 3 is 1.66 bits per heavy atom. The van der Waals surface area contributed by atoms with Crippen molar-refractivity contribution in [2.75, 3.05) is 7.11 Å². The van der Waals surface area contributed by atoms with Gasteiger partial charge < -0.3 is 4.74 Å². The molecule has 0 spiro atoms. The number of ether oxygens (including phenoxy) is 1. The quantitative estimate of drug-likeness (QED) is 0.208. The lowest BCUT2D eigenvalue weighted by Gasteiger charge is -2.24. The molecule has 6 nitrogen and oxygen atoms in total. The lowest BCUT2D eigenvalue weighted by Crippen LogP contribution is -2.42. The van der Waals surface area contributed by atoms with Crippen LogP contribution in [0, 0.1) is 0 Å². The molecule has 38 heavy (non-hydrogen) atoms. The second kappa shape index (κ2) is 10.3. The maximum Gasteiger partial charge on any atom is 0.337 e. The number of fused-ring (bicyclic) bond motifs is 2. The number of rotatable bonds is 8. The molecule has 0 aliphatic heterocycles. The van der Waals surface area contributed by atoms with Crippen molar-refractivity contribution in [1.29, 1.82) is 0 Å². The van der Waals surface area contributed by atoms with Gasteiger partial charge in [0.25, 0.3) is 5.67 Å². The van der Waals surface area contributed by atoms with Crippen LogP contribution >= 0.6 is 0 Å². The first kappa shape index (κ1) is 24.9. The van der Waals surface area contributed by atoms with Gasteiger partial charge in [-0.05, 0) is 35.4 Å². The molecule has 0 atom stereocenters. The van der Waals surface area contributed by atoms with Crippen LogP contribution < -0.4 is 0 Å². The molecule has 0 N–H and O–H groups in total. The number of benzene rings is 3. The third-order valence-corrected chi connectivity index (χ3v) is 6.61. The van der Waals surface area contributed by atoms with Gasteiger partial charge in [-0.2, -0.15) is 0 Å². The van der Waals surface area contributed by atoms with Crippen molar-refractivity contribution >= 4 is 39.3 Å². The molecule has 0 saturated carbocycles. The van der Waals surface area contributed by atoms with E-state index >= 15 is 4.39 Å². The number of ketones is 2. The van der Waals surface area contributed by atoms with E-state index in [4.69, 9.17) is 4.74 Å². The van der Waals surface area contributed by atoms with Crippen LogP contribution in [0.3, 0.4) is 0 Å². The van der Waals surface area contributed by atoms with Crippen LogP contribution in [0.5, 0.6) is 0 Å². The Labute approximate surface area is 218 Å². The lowest BCUT2D eigenvalue weighted by molar-refractivity contribution is -0.143. The van der Waals surface area contributed by atoms with Crippen LogP contribution in [-0.2, 0) is 32.8 Å². The smallest absolute Gasteiger partial charge is 0.337 e. The average molecular weight is 507 g/mol. The van der Waals surface area contributed by atoms with Crippen LogP contribution in [0.2, 0.25) is 0 Å². The van der Waals surface area contributed by atoms with Crippen molar-refractivity contribution in [3.8, 4) is 0 Å². The normalized spacial score (nSPS) is 11.4. The van der Waals surface area contributed by atoms with Crippen LogP contribution in [0.1, 0.15) is 27.0 Å². The Kier molecular flexibility index (Phi) is 6.75. The van der Waals surface area contributed by atoms with Crippen LogP contribution in [0.4, 0.5) is 4.39 Å². The number of carbonyl (C=O) groups is 3. The molecule has 0 saturated heterocycles. The molecule has 0 radical (unpaired) electrons. The van der Waals surface area contributed by atoms with Crippen molar-refractivity contribution < 1.29 is 23.5 Å². The summed E-state index contributed by atoms with van der Waals surface area (Å²) < 4.78 is 21.8. The number of Topliss-reactive ketones (excluding diaryl/α,β-unsaturated/α-hetero) is 2. The van der Waals surface area contributed by atoms with Gasteiger partial charge in [-0.25, -0.2) is 9.18 Å². The first-order chi connectivity index (χ1) is 18.4. The van der Waals surface area contributed by atoms with Crippen molar-refractivity contribution in [3.05, 3.63) is 120 Å². The summed E-state index contributed by atoms with van der Waals surface area (Å²) in [6, 6.07) is 23.1. The van der Waals surface area contributed by atoms with Crippen molar-refractivity contribution in [2.24, 2.45) is 0 Å². The molecular formula is C31H23FN2O4. The molecule has 2 aromatic heterocycles. The topological polar surface area (TPSA) is 86.2 Å². The summed E-state index contributed by atoms with van der Waals surface area (Å²) >= 11 is 0. The number of para-hydroxylation sites is 2. The molecule has 2 heterocycles. The predicted molar refractivity (Wildman–Crippen MR) is 141 cm³/mol. The summed E-state index contributed by atoms with van der Waals surface area (Å²) in [5.74, 6) is -2.44. The molecule has 5 rings (SSSR count). The van der Waals surface area contributed by atoms with Crippen LogP contribution in [0.25, 0.3) is 21.8 Å². The van der Waals surface area contributed by atoms with E-state index in [9.17, 15) is 14.4 Å². The number of hydrogen-bond donors (Lipinski definition) is 0. The molecule has 0 amide bonds. The van der Waals surface area contributed by atoms with Gasteiger partial charge in [-0.1, -0.05) is 60.7 Å². The number of halogens is 1. The largest absolute Gasteiger partial charge is 0.465 e. The first-order valence-corrected chi connectivity index (χ1v) is 12.0. The number of pyridine rings is 2. The molecular weight excluding hydrogens is 483 g/mol. The third kappa shape index (κ3) is 4.54. The molecule has 0 fully saturated rings. The van der Waals surface area contributed by atoms with E-state index < -0.39 is 23.2 Å². The van der Waals surface area contributed by atoms with E-state index in [2.05, 4.69) is 9.97 Å². The Balaban J connectivity index is 1.56. The predicted octanol–water partition coefficient (Wildman–Crippen LogP) is 5.36. The molecule has 0 aliphatic rings. The first-order valence-electron chi connectivity index (χ1n) is 12.0. The fourth-order valence-electron chi connectivity index (χ4n) is 4.64. The summed E-state index contributed by atoms with van der Waals surface area (Å²) in [4.78, 5) is 48.1. The molecule has 0 bridgehead atoms. The second-order valence-electron chi connectivity index (χ2n) is 8.91. The Morgan fingerprint density at radius 1 is 0.711 bits per heavy atom. The van der Waals surface area contributed by atoms with Crippen molar-refractivity contribution in [3.63, 3.8) is 0 Å². The summed E-state index contributed by atoms with van der Waals surface area (Å²) in [5, 5.41) is 1.61. The number of carbonyl (C=O) groups excluding carboxylic acids is 3. The zero-order valence-corrected chi connectivity index (χ0v) is 20.6. The number of esters is 1. The van der Waals surface area contributed by atoms with Crippen LogP contribution in [-0.4, -0.2) is 34.6 Å². The SMILES string of the molecule is COC(=O)c1ccc(C(F)(C(=O)Cc2cccc3cccnc23)C(=O)Cc2cccc3cccnc23)cc1. The number of aromatic nitrogens is 2. The molecule has 0 aliphatic carbocycles. The van der Waals surface area contributed by atoms with Gasteiger partial charge in [0.15, 0.2) is 11.6 Å². The van der Waals surface area contributed by atoms with E-state index in [1.807, 2.05) is 24.3 Å². The highest BCUT2D eigenvalue weighted by Crippen LogP contribution is 2.33. The van der Waals surface area contributed by atoms with E-state index in [0.717, 1.165) is 10.8 Å². The summed E-state index contributed by atoms with van der Waals surface area (Å²) in [6.45, 7) is 0. The molecule has 3 aromatic carbocycles. The monoisotopic (exact) mass is 506 g/mol. The molecule has 188 valence electrons. The highest BCUT2D eigenvalue weighted by molar-refractivity contribution is 6.13. The van der Waals surface area contributed by atoms with Gasteiger partial charge in [-0.15, -0.1) is 0 Å². The van der Waals surface area contributed by atoms with E-state index in [-0.39, 0.29) is 24.0 Å². The third-order valence-electron chi connectivity index (χ3n) is 6.61. The molecule has 0 unspecified atom stereocenters. The van der Waals surface area contributed by atoms with Gasteiger partial charge in [0.2, 0.25) is 0 Å². The Morgan fingerprint density at radius 2 is 1.18 bits per heavy atom. The zero-order chi connectivity index (χ0) is 26.7. The van der Waals surface area contributed by atoms with Gasteiger partial charge in [-0.3, -0.25) is 19.6 Å². The van der Waals surface area contributed by atoms with E-state index in [1.54, 1.807) is 48.8 Å². The minimum Gasteiger partial charge on any atom is -0.465 e. The van der Waals surface area contributed by atoms with Crippen molar-refractivity contribution in [1.82, 2.24) is 9.97 Å². The highest BCUT2D eigenvalue weighted by Gasteiger charge is 2.47. The summed E-state index contributed by atoms with van der Waals surface area (Å²) in [5.41, 5.74) is -0.781. The van der Waals surface area contributed by atoms with Gasteiger partial charge in [0.05, 0.1) is 23.7 Å². The number of hydrogen-bond acceptors (Lipinski definition) is 6. The molecule has 5 aromatic rings. The number of methoxy groups -OCH3 is 1. The highest BCUT2D eigenvalue weighted by atomic mass is 19.1. The standard InChI is InChI=1S/C31H23FN2O4/c1-38-30(37)22-12-14-25(15-13-22)31(32,26(35)18-23-8-2-6-20-10-4-16-33-28(20)23)27(36)19-24-9-3-7-21-11-5-17-34-29(21)24/h2-17H,18-19H2,1H3. The minimum absolute atomic E-state index is 0.151. The van der Waals surface area contributed by atoms with Crippen molar-refractivity contribution in [2.45, 2.75) is 18.5 Å². The van der Waals surface area contributed by atoms with E-state index in [1.165, 1.54) is 31.4 Å². The fourth-order valence-corrected chi connectivity index (χ4v) is 4.64. The van der Waals surface area contributed by atoms with Gasteiger partial charge >= 0.3 is 5.97 Å². The number of alkyl halides is 1. The average Bonchev–Trinajstić information content (AvgIpc) is 2.96. The van der Waals surface area contributed by atoms with Gasteiger partial charge in [0.1, 0.15) is 0 Å². The molecule has 7 heteroatoms. The zero-order valence-electron chi connectivity index (χ0n) is 20.6. The van der Waals surface area contributed by atoms with Gasteiger partial charge in [0, 0.05) is 41.6 Å². The van der Waals surface area contributed by atoms with E-state index in [0.29, 0.717) is 22.2 Å². The maximum atomic E-state index is 17.0. The minimum atomic E-state index is -2.97. The Hall–Kier alpha value is -4.78. The Bertz CT molecular complexity index is 1580. The maximum absolute atomic E-state index is 17.0. The van der Waals surface area contributed by atoms with Crippen LogP contribution in [0.15, 0.2) is 97.3 Å².